The number of benzene rings is 6. The van der Waals surface area contributed by atoms with Gasteiger partial charge in [-0.1, -0.05) is 12.1 Å². The summed E-state index contributed by atoms with van der Waals surface area (Å²) in [6.07, 6.45) is -0.355. The molecular weight excluding hydrogens is 969 g/mol. The molecule has 8 aromatic rings. The van der Waals surface area contributed by atoms with Gasteiger partial charge in [0.15, 0.2) is 0 Å². The SMILES string of the molecule is CNC(=O)c1c(-c2ccc(F)cc2)oc2cc(CC(=O)OC)c(-c3ccc(F)c(C(=O)O)c3)cc12.CNC(=O)c1c(-c2ccc(F)cc2)oc2cc(CC(=O)OC)c(-c3ccc(F)c(C(=O)OC(C)(C)C)c3)cc12. The quantitative estimate of drug-likeness (QED) is 0.0595. The van der Waals surface area contributed by atoms with Crippen molar-refractivity contribution in [2.24, 2.45) is 0 Å². The topological polar surface area (TPSA) is 201 Å². The zero-order valence-corrected chi connectivity index (χ0v) is 40.8. The lowest BCUT2D eigenvalue weighted by atomic mass is 9.93. The van der Waals surface area contributed by atoms with Crippen molar-refractivity contribution in [3.8, 4) is 44.9 Å². The third-order valence-corrected chi connectivity index (χ3v) is 11.5. The van der Waals surface area contributed by atoms with Gasteiger partial charge in [-0.15, -0.1) is 0 Å². The number of hydrogen-bond donors (Lipinski definition) is 3. The maximum atomic E-state index is 14.7. The lowest BCUT2D eigenvalue weighted by Gasteiger charge is -2.20. The number of furan rings is 2. The summed E-state index contributed by atoms with van der Waals surface area (Å²) >= 11 is 0. The molecule has 0 fully saturated rings. The monoisotopic (exact) mass is 1010 g/mol. The molecule has 0 atom stereocenters. The highest BCUT2D eigenvalue weighted by Gasteiger charge is 2.28. The number of nitrogens with one attached hydrogen (secondary N) is 2. The Bertz CT molecular complexity index is 3520. The first kappa shape index (κ1) is 52.8. The molecule has 0 aliphatic heterocycles. The lowest BCUT2D eigenvalue weighted by Crippen LogP contribution is -2.24. The smallest absolute Gasteiger partial charge is 0.341 e. The van der Waals surface area contributed by atoms with Crippen molar-refractivity contribution in [2.75, 3.05) is 28.3 Å². The molecule has 14 nitrogen and oxygen atoms in total. The second-order valence-corrected chi connectivity index (χ2v) is 17.5. The van der Waals surface area contributed by atoms with Gasteiger partial charge in [0.1, 0.15) is 51.6 Å². The van der Waals surface area contributed by atoms with Gasteiger partial charge in [-0.05, 0) is 151 Å². The number of halogens is 4. The Morgan fingerprint density at radius 2 is 0.919 bits per heavy atom. The highest BCUT2D eigenvalue weighted by atomic mass is 19.1. The van der Waals surface area contributed by atoms with Crippen LogP contribution in [0.2, 0.25) is 0 Å². The van der Waals surface area contributed by atoms with Crippen LogP contribution in [0.3, 0.4) is 0 Å². The lowest BCUT2D eigenvalue weighted by molar-refractivity contribution is -0.140. The molecule has 74 heavy (non-hydrogen) atoms. The Morgan fingerprint density at radius 1 is 0.541 bits per heavy atom. The molecular formula is C56H46F4N2O12. The number of carboxylic acids is 1. The molecule has 6 aromatic carbocycles. The van der Waals surface area contributed by atoms with E-state index in [2.05, 4.69) is 10.6 Å². The van der Waals surface area contributed by atoms with Crippen LogP contribution in [0.4, 0.5) is 17.6 Å². The Labute approximate surface area is 419 Å². The van der Waals surface area contributed by atoms with Crippen LogP contribution in [-0.4, -0.2) is 74.7 Å². The van der Waals surface area contributed by atoms with E-state index in [0.29, 0.717) is 60.9 Å². The maximum Gasteiger partial charge on any atom is 0.341 e. The van der Waals surface area contributed by atoms with Crippen molar-refractivity contribution in [3.05, 3.63) is 166 Å². The predicted molar refractivity (Wildman–Crippen MR) is 264 cm³/mol. The summed E-state index contributed by atoms with van der Waals surface area (Å²) in [6, 6.07) is 24.7. The average molecular weight is 1010 g/mol. The van der Waals surface area contributed by atoms with E-state index in [0.717, 1.165) is 18.2 Å². The van der Waals surface area contributed by atoms with Crippen LogP contribution < -0.4 is 10.6 Å². The molecule has 0 radical (unpaired) electrons. The molecule has 2 heterocycles. The summed E-state index contributed by atoms with van der Waals surface area (Å²) in [6.45, 7) is 5.02. The van der Waals surface area contributed by atoms with Crippen molar-refractivity contribution in [2.45, 2.75) is 39.2 Å². The number of rotatable bonds is 12. The fraction of sp³-hybridized carbons (Fsp3) is 0.179. The first-order chi connectivity index (χ1) is 35.1. The minimum absolute atomic E-state index is 0.164. The number of carboxylic acid groups (broad SMARTS) is 1. The average Bonchev–Trinajstić information content (AvgIpc) is 3.93. The van der Waals surface area contributed by atoms with Gasteiger partial charge < -0.3 is 38.8 Å². The van der Waals surface area contributed by atoms with E-state index in [1.807, 2.05) is 0 Å². The largest absolute Gasteiger partial charge is 0.478 e. The Hall–Kier alpha value is -9.06. The highest BCUT2D eigenvalue weighted by molar-refractivity contribution is 6.13. The standard InChI is InChI=1S/C30H27F2NO6.C26H19F2NO6/c1-30(2,3)39-29(36)21-12-17(8-11-23(21)32)20-15-22-24(13-18(20)14-25(34)37-5)38-27(26(22)28(35)33-4)16-6-9-19(31)10-7-16;1-29-25(31)23-19-12-17(14-5-8-20(28)18(9-14)26(32)33)15(11-22(30)34-2)10-21(19)35-24(23)13-3-6-16(27)7-4-13/h6-13,15H,14H2,1-5H3,(H,33,35);3-10,12H,11H2,1-2H3,(H,29,31)(H,32,33). The van der Waals surface area contributed by atoms with Crippen molar-refractivity contribution in [1.82, 2.24) is 10.6 Å². The molecule has 0 unspecified atom stereocenters. The van der Waals surface area contributed by atoms with E-state index < -0.39 is 70.1 Å². The van der Waals surface area contributed by atoms with E-state index in [-0.39, 0.29) is 46.6 Å². The minimum Gasteiger partial charge on any atom is -0.478 e. The molecule has 0 aliphatic carbocycles. The number of carbonyl (C=O) groups is 6. The van der Waals surface area contributed by atoms with Gasteiger partial charge in [0.25, 0.3) is 11.8 Å². The van der Waals surface area contributed by atoms with Crippen molar-refractivity contribution in [1.29, 1.82) is 0 Å². The molecule has 0 bridgehead atoms. The van der Waals surface area contributed by atoms with Crippen molar-refractivity contribution >= 4 is 57.6 Å². The van der Waals surface area contributed by atoms with Crippen molar-refractivity contribution < 1.29 is 74.5 Å². The first-order valence-corrected chi connectivity index (χ1v) is 22.5. The number of methoxy groups -OCH3 is 2. The molecule has 0 spiro atoms. The van der Waals surface area contributed by atoms with Gasteiger partial charge in [-0.3, -0.25) is 19.2 Å². The number of hydrogen-bond acceptors (Lipinski definition) is 11. The molecule has 0 saturated heterocycles. The minimum atomic E-state index is -1.45. The first-order valence-electron chi connectivity index (χ1n) is 22.5. The van der Waals surface area contributed by atoms with E-state index in [9.17, 15) is 51.4 Å². The molecule has 2 amide bonds. The molecule has 8 rings (SSSR count). The third-order valence-electron chi connectivity index (χ3n) is 11.5. The van der Waals surface area contributed by atoms with Crippen LogP contribution in [-0.2, 0) is 36.6 Å². The van der Waals surface area contributed by atoms with Crippen LogP contribution in [0, 0.1) is 23.3 Å². The number of fused-ring (bicyclic) bond motifs is 2. The van der Waals surface area contributed by atoms with Gasteiger partial charge in [0.05, 0.1) is 49.3 Å². The summed E-state index contributed by atoms with van der Waals surface area (Å²) in [5, 5.41) is 15.3. The normalized spacial score (nSPS) is 11.1. The van der Waals surface area contributed by atoms with Gasteiger partial charge in [-0.2, -0.15) is 0 Å². The second kappa shape index (κ2) is 21.7. The van der Waals surface area contributed by atoms with Crippen molar-refractivity contribution in [3.63, 3.8) is 0 Å². The number of carbonyl (C=O) groups excluding carboxylic acids is 5. The van der Waals surface area contributed by atoms with Crippen LogP contribution >= 0.6 is 0 Å². The van der Waals surface area contributed by atoms with E-state index >= 15 is 0 Å². The molecule has 3 N–H and O–H groups in total. The summed E-state index contributed by atoms with van der Waals surface area (Å²) in [5.41, 5.74) is 2.62. The molecule has 380 valence electrons. The summed E-state index contributed by atoms with van der Waals surface area (Å²) in [7, 11) is 5.39. The number of ether oxygens (including phenoxy) is 3. The molecule has 18 heteroatoms. The zero-order valence-electron chi connectivity index (χ0n) is 40.8. The van der Waals surface area contributed by atoms with E-state index in [4.69, 9.17) is 23.0 Å². The fourth-order valence-corrected chi connectivity index (χ4v) is 8.00. The third kappa shape index (κ3) is 11.3. The Kier molecular flexibility index (Phi) is 15.5. The molecule has 0 saturated carbocycles. The predicted octanol–water partition coefficient (Wildman–Crippen LogP) is 10.9. The van der Waals surface area contributed by atoms with Gasteiger partial charge in [-0.25, -0.2) is 27.2 Å². The van der Waals surface area contributed by atoms with Crippen LogP contribution in [0.25, 0.3) is 66.8 Å². The van der Waals surface area contributed by atoms with Crippen LogP contribution in [0.1, 0.15) is 73.3 Å². The Morgan fingerprint density at radius 3 is 1.28 bits per heavy atom. The number of esters is 3. The van der Waals surface area contributed by atoms with Gasteiger partial charge >= 0.3 is 23.9 Å². The van der Waals surface area contributed by atoms with Crippen LogP contribution in [0.5, 0.6) is 0 Å². The fourth-order valence-electron chi connectivity index (χ4n) is 8.00. The number of aromatic carboxylic acids is 1. The number of amides is 2. The van der Waals surface area contributed by atoms with E-state index in [1.165, 1.54) is 95.0 Å². The van der Waals surface area contributed by atoms with E-state index in [1.54, 1.807) is 45.0 Å². The van der Waals surface area contributed by atoms with Crippen LogP contribution in [0.15, 0.2) is 118 Å². The maximum absolute atomic E-state index is 14.7. The summed E-state index contributed by atoms with van der Waals surface area (Å²) in [4.78, 5) is 74.4. The van der Waals surface area contributed by atoms with Gasteiger partial charge in [0.2, 0.25) is 0 Å². The zero-order chi connectivity index (χ0) is 53.8. The highest BCUT2D eigenvalue weighted by Crippen LogP contribution is 2.41. The Balaban J connectivity index is 0.000000217. The molecule has 0 aliphatic rings. The molecule has 2 aromatic heterocycles. The second-order valence-electron chi connectivity index (χ2n) is 17.5. The van der Waals surface area contributed by atoms with Gasteiger partial charge in [0, 0.05) is 36.0 Å². The summed E-state index contributed by atoms with van der Waals surface area (Å²) < 4.78 is 82.8. The summed E-state index contributed by atoms with van der Waals surface area (Å²) in [5.74, 6) is -6.52.